The van der Waals surface area contributed by atoms with Crippen LogP contribution < -0.4 is 10.1 Å². The average molecular weight is 297 g/mol. The maximum absolute atomic E-state index is 11.8. The summed E-state index contributed by atoms with van der Waals surface area (Å²) in [5.41, 5.74) is 0.605. The van der Waals surface area contributed by atoms with E-state index in [1.807, 2.05) is 0 Å². The SMILES string of the molecule is Cc1nonc1OCCNC(=O)CN1CC[C@H](N(C)C)C1. The Morgan fingerprint density at radius 1 is 1.52 bits per heavy atom. The summed E-state index contributed by atoms with van der Waals surface area (Å²) < 4.78 is 9.86. The van der Waals surface area contributed by atoms with Gasteiger partial charge in [0.1, 0.15) is 12.3 Å². The Bertz CT molecular complexity index is 462. The molecule has 1 saturated heterocycles. The molecule has 1 aliphatic heterocycles. The molecule has 1 aliphatic rings. The van der Waals surface area contributed by atoms with E-state index >= 15 is 0 Å². The molecular weight excluding hydrogens is 274 g/mol. The minimum absolute atomic E-state index is 0.0213. The molecular formula is C13H23N5O3. The molecule has 1 atom stereocenters. The molecule has 0 aliphatic carbocycles. The highest BCUT2D eigenvalue weighted by molar-refractivity contribution is 5.78. The molecule has 0 unspecified atom stereocenters. The van der Waals surface area contributed by atoms with Crippen molar-refractivity contribution in [3.05, 3.63) is 5.69 Å². The van der Waals surface area contributed by atoms with E-state index in [1.54, 1.807) is 6.92 Å². The van der Waals surface area contributed by atoms with Gasteiger partial charge in [0.2, 0.25) is 5.91 Å². The number of carbonyl (C=O) groups excluding carboxylic acids is 1. The van der Waals surface area contributed by atoms with Crippen LogP contribution in [-0.4, -0.2) is 78.9 Å². The Kier molecular flexibility index (Phi) is 5.51. The summed E-state index contributed by atoms with van der Waals surface area (Å²) in [5.74, 6) is 0.394. The Morgan fingerprint density at radius 2 is 2.33 bits per heavy atom. The maximum Gasteiger partial charge on any atom is 0.278 e. The van der Waals surface area contributed by atoms with Crippen molar-refractivity contribution in [2.24, 2.45) is 0 Å². The van der Waals surface area contributed by atoms with Crippen LogP contribution in [0.2, 0.25) is 0 Å². The first-order chi connectivity index (χ1) is 10.1. The second-order valence-electron chi connectivity index (χ2n) is 5.49. The molecule has 1 amide bonds. The first-order valence-electron chi connectivity index (χ1n) is 7.13. The molecule has 8 nitrogen and oxygen atoms in total. The number of aromatic nitrogens is 2. The summed E-state index contributed by atoms with van der Waals surface area (Å²) >= 11 is 0. The highest BCUT2D eigenvalue weighted by Gasteiger charge is 2.24. The van der Waals surface area contributed by atoms with Crippen LogP contribution in [0.15, 0.2) is 4.63 Å². The first-order valence-corrected chi connectivity index (χ1v) is 7.13. The van der Waals surface area contributed by atoms with Crippen molar-refractivity contribution < 1.29 is 14.2 Å². The summed E-state index contributed by atoms with van der Waals surface area (Å²) in [6.07, 6.45) is 1.11. The van der Waals surface area contributed by atoms with Crippen molar-refractivity contribution in [1.82, 2.24) is 25.4 Å². The predicted octanol–water partition coefficient (Wildman–Crippen LogP) is -0.491. The van der Waals surface area contributed by atoms with E-state index in [1.165, 1.54) is 0 Å². The number of ether oxygens (including phenoxy) is 1. The zero-order chi connectivity index (χ0) is 15.2. The zero-order valence-electron chi connectivity index (χ0n) is 12.8. The van der Waals surface area contributed by atoms with Gasteiger partial charge in [-0.05, 0) is 32.6 Å². The van der Waals surface area contributed by atoms with E-state index in [2.05, 4.69) is 44.2 Å². The van der Waals surface area contributed by atoms with Gasteiger partial charge in [0.15, 0.2) is 0 Å². The lowest BCUT2D eigenvalue weighted by Gasteiger charge is -2.20. The molecule has 2 rings (SSSR count). The largest absolute Gasteiger partial charge is 0.472 e. The lowest BCUT2D eigenvalue weighted by Crippen LogP contribution is -2.39. The molecule has 0 bridgehead atoms. The van der Waals surface area contributed by atoms with E-state index in [0.29, 0.717) is 37.3 Å². The molecule has 0 aromatic carbocycles. The van der Waals surface area contributed by atoms with Crippen molar-refractivity contribution in [3.8, 4) is 5.88 Å². The molecule has 0 radical (unpaired) electrons. The van der Waals surface area contributed by atoms with Gasteiger partial charge in [-0.3, -0.25) is 9.69 Å². The third-order valence-electron chi connectivity index (χ3n) is 3.62. The van der Waals surface area contributed by atoms with Gasteiger partial charge in [-0.25, -0.2) is 4.63 Å². The summed E-state index contributed by atoms with van der Waals surface area (Å²) in [7, 11) is 4.15. The molecule has 118 valence electrons. The van der Waals surface area contributed by atoms with Crippen LogP contribution in [0.25, 0.3) is 0 Å². The van der Waals surface area contributed by atoms with Crippen LogP contribution >= 0.6 is 0 Å². The van der Waals surface area contributed by atoms with E-state index in [9.17, 15) is 4.79 Å². The second kappa shape index (κ2) is 7.37. The fourth-order valence-corrected chi connectivity index (χ4v) is 2.33. The van der Waals surface area contributed by atoms with Crippen molar-refractivity contribution in [1.29, 1.82) is 0 Å². The lowest BCUT2D eigenvalue weighted by atomic mass is 10.2. The minimum Gasteiger partial charge on any atom is -0.472 e. The molecule has 0 spiro atoms. The summed E-state index contributed by atoms with van der Waals surface area (Å²) in [6.45, 7) is 4.89. The number of aryl methyl sites for hydroxylation is 1. The normalized spacial score (nSPS) is 19.1. The van der Waals surface area contributed by atoms with Gasteiger partial charge in [0.05, 0.1) is 13.1 Å². The Labute approximate surface area is 124 Å². The van der Waals surface area contributed by atoms with E-state index < -0.39 is 0 Å². The Hall–Kier alpha value is -1.67. The number of rotatable bonds is 7. The van der Waals surface area contributed by atoms with Crippen molar-refractivity contribution in [2.75, 3.05) is 46.9 Å². The topological polar surface area (TPSA) is 83.7 Å². The Morgan fingerprint density at radius 3 is 2.95 bits per heavy atom. The minimum atomic E-state index is 0.0213. The molecule has 1 aromatic heterocycles. The molecule has 8 heteroatoms. The van der Waals surface area contributed by atoms with Crippen LogP contribution in [0.5, 0.6) is 5.88 Å². The number of likely N-dealkylation sites (tertiary alicyclic amines) is 1. The van der Waals surface area contributed by atoms with Gasteiger partial charge < -0.3 is 15.0 Å². The molecule has 1 fully saturated rings. The fourth-order valence-electron chi connectivity index (χ4n) is 2.33. The standard InChI is InChI=1S/C13H23N5O3/c1-10-13(16-21-15-10)20-7-5-14-12(19)9-18-6-4-11(8-18)17(2)3/h11H,4-9H2,1-3H3,(H,14,19)/t11-/m0/s1. The van der Waals surface area contributed by atoms with Gasteiger partial charge in [-0.2, -0.15) is 0 Å². The van der Waals surface area contributed by atoms with Gasteiger partial charge >= 0.3 is 0 Å². The number of nitrogens with one attached hydrogen (secondary N) is 1. The number of likely N-dealkylation sites (N-methyl/N-ethyl adjacent to an activating group) is 1. The second-order valence-corrected chi connectivity index (χ2v) is 5.49. The number of hydrogen-bond donors (Lipinski definition) is 1. The molecule has 0 saturated carbocycles. The quantitative estimate of drug-likeness (QED) is 0.680. The third-order valence-corrected chi connectivity index (χ3v) is 3.62. The van der Waals surface area contributed by atoms with Crippen LogP contribution in [0.3, 0.4) is 0 Å². The van der Waals surface area contributed by atoms with E-state index in [-0.39, 0.29) is 5.91 Å². The van der Waals surface area contributed by atoms with Crippen LogP contribution in [-0.2, 0) is 4.79 Å². The molecule has 1 aromatic rings. The van der Waals surface area contributed by atoms with Crippen LogP contribution in [0.1, 0.15) is 12.1 Å². The van der Waals surface area contributed by atoms with Crippen molar-refractivity contribution in [2.45, 2.75) is 19.4 Å². The summed E-state index contributed by atoms with van der Waals surface area (Å²) in [5, 5.41) is 10.1. The number of nitrogens with zero attached hydrogens (tertiary/aromatic N) is 4. The summed E-state index contributed by atoms with van der Waals surface area (Å²) in [6, 6.07) is 0.545. The summed E-state index contributed by atoms with van der Waals surface area (Å²) in [4.78, 5) is 16.2. The highest BCUT2D eigenvalue weighted by atomic mass is 16.6. The number of amides is 1. The highest BCUT2D eigenvalue weighted by Crippen LogP contribution is 2.12. The van der Waals surface area contributed by atoms with Crippen molar-refractivity contribution >= 4 is 5.91 Å². The van der Waals surface area contributed by atoms with E-state index in [4.69, 9.17) is 4.74 Å². The van der Waals surface area contributed by atoms with Crippen molar-refractivity contribution in [3.63, 3.8) is 0 Å². The van der Waals surface area contributed by atoms with Gasteiger partial charge in [0, 0.05) is 19.1 Å². The smallest absolute Gasteiger partial charge is 0.278 e. The molecule has 21 heavy (non-hydrogen) atoms. The number of hydrogen-bond acceptors (Lipinski definition) is 7. The Balaban J connectivity index is 1.59. The third kappa shape index (κ3) is 4.68. The van der Waals surface area contributed by atoms with E-state index in [0.717, 1.165) is 19.5 Å². The first kappa shape index (κ1) is 15.7. The zero-order valence-corrected chi connectivity index (χ0v) is 12.8. The monoisotopic (exact) mass is 297 g/mol. The van der Waals surface area contributed by atoms with Gasteiger partial charge in [0.25, 0.3) is 5.88 Å². The predicted molar refractivity (Wildman–Crippen MR) is 76.1 cm³/mol. The molecule has 2 heterocycles. The fraction of sp³-hybridized carbons (Fsp3) is 0.769. The maximum atomic E-state index is 11.8. The lowest BCUT2D eigenvalue weighted by molar-refractivity contribution is -0.122. The molecule has 1 N–H and O–H groups in total. The van der Waals surface area contributed by atoms with Gasteiger partial charge in [-0.1, -0.05) is 5.16 Å². The number of carbonyl (C=O) groups is 1. The van der Waals surface area contributed by atoms with Crippen LogP contribution in [0.4, 0.5) is 0 Å². The average Bonchev–Trinajstić information content (AvgIpc) is 3.04. The van der Waals surface area contributed by atoms with Gasteiger partial charge in [-0.15, -0.1) is 0 Å². The van der Waals surface area contributed by atoms with Crippen LogP contribution in [0, 0.1) is 6.92 Å².